The van der Waals surface area contributed by atoms with Gasteiger partial charge in [-0.2, -0.15) is 0 Å². The molecule has 1 aliphatic heterocycles. The zero-order valence-corrected chi connectivity index (χ0v) is 18.2. The lowest BCUT2D eigenvalue weighted by atomic mass is 9.98. The first-order valence-electron chi connectivity index (χ1n) is 9.38. The lowest BCUT2D eigenvalue weighted by molar-refractivity contribution is -0.148. The number of carbonyl (C=O) groups is 1. The van der Waals surface area contributed by atoms with E-state index in [9.17, 15) is 14.4 Å². The molecule has 0 unspecified atom stereocenters. The van der Waals surface area contributed by atoms with Crippen molar-refractivity contribution in [1.29, 1.82) is 0 Å². The van der Waals surface area contributed by atoms with E-state index in [4.69, 9.17) is 16.3 Å². The van der Waals surface area contributed by atoms with E-state index in [1.807, 2.05) is 11.9 Å². The smallest absolute Gasteiger partial charge is 0.331 e. The third-order valence-electron chi connectivity index (χ3n) is 4.30. The molecule has 31 heavy (non-hydrogen) atoms. The van der Waals surface area contributed by atoms with Crippen LogP contribution in [0.1, 0.15) is 37.6 Å². The van der Waals surface area contributed by atoms with Gasteiger partial charge in [-0.1, -0.05) is 11.6 Å². The van der Waals surface area contributed by atoms with Gasteiger partial charge in [-0.05, 0) is 63.6 Å². The van der Waals surface area contributed by atoms with E-state index < -0.39 is 11.6 Å². The van der Waals surface area contributed by atoms with Crippen molar-refractivity contribution < 1.29 is 19.1 Å². The van der Waals surface area contributed by atoms with Gasteiger partial charge in [0.05, 0.1) is 17.1 Å². The molecule has 2 heterocycles. The van der Waals surface area contributed by atoms with Gasteiger partial charge in [0.25, 0.3) is 0 Å². The van der Waals surface area contributed by atoms with Crippen LogP contribution in [0.2, 0.25) is 5.02 Å². The van der Waals surface area contributed by atoms with Crippen molar-refractivity contribution in [3.05, 3.63) is 64.2 Å². The molecule has 0 saturated carbocycles. The normalized spacial score (nSPS) is 13.4. The summed E-state index contributed by atoms with van der Waals surface area (Å²) in [4.78, 5) is 41.4. The largest absolute Gasteiger partial charge is 0.457 e. The summed E-state index contributed by atoms with van der Waals surface area (Å²) in [6.07, 6.45) is 4.39. The third-order valence-corrected chi connectivity index (χ3v) is 4.51. The predicted octanol–water partition coefficient (Wildman–Crippen LogP) is 3.99. The number of anilines is 2. The lowest BCUT2D eigenvalue weighted by Crippen LogP contribution is -2.34. The van der Waals surface area contributed by atoms with Crippen molar-refractivity contribution in [3.63, 3.8) is 0 Å². The second kappa shape index (κ2) is 8.62. The summed E-state index contributed by atoms with van der Waals surface area (Å²) in [7, 11) is 0. The molecular formula is C23H20ClN3O4. The van der Waals surface area contributed by atoms with Crippen molar-refractivity contribution >= 4 is 52.6 Å². The third kappa shape index (κ3) is 4.76. The SMILES string of the molecule is Cc1ncccc1N1C(=C=O)NC(=C=O)c2c(C=CC(=O)OC(C)(C)C)cc(Cl)cc21. The fraction of sp³-hybridized carbons (Fsp3) is 0.217. The second-order valence-corrected chi connectivity index (χ2v) is 8.19. The number of aromatic nitrogens is 1. The van der Waals surface area contributed by atoms with Crippen LogP contribution in [0.3, 0.4) is 0 Å². The highest BCUT2D eigenvalue weighted by atomic mass is 35.5. The molecule has 3 rings (SSSR count). The average Bonchev–Trinajstić information content (AvgIpc) is 2.70. The number of hydrogen-bond donors (Lipinski definition) is 1. The standard InChI is InChI=1S/C23H20ClN3O4/c1-14-18(6-5-9-25-14)27-19-11-16(24)10-15(7-8-21(30)31-23(2,3)4)22(19)17(12-28)26-20(27)13-29/h5-11,26H,1-4H3. The molecule has 1 aromatic carbocycles. The lowest BCUT2D eigenvalue weighted by Gasteiger charge is -2.34. The van der Waals surface area contributed by atoms with Crippen LogP contribution >= 0.6 is 11.6 Å². The van der Waals surface area contributed by atoms with E-state index in [0.29, 0.717) is 33.2 Å². The Morgan fingerprint density at radius 3 is 2.58 bits per heavy atom. The molecule has 0 spiro atoms. The van der Waals surface area contributed by atoms with E-state index in [0.717, 1.165) is 0 Å². The highest BCUT2D eigenvalue weighted by Gasteiger charge is 2.31. The molecule has 0 aliphatic carbocycles. The van der Waals surface area contributed by atoms with Gasteiger partial charge in [0.1, 0.15) is 11.3 Å². The average molecular weight is 438 g/mol. The van der Waals surface area contributed by atoms with Crippen molar-refractivity contribution in [3.8, 4) is 0 Å². The Kier molecular flexibility index (Phi) is 6.14. The van der Waals surface area contributed by atoms with Crippen molar-refractivity contribution in [1.82, 2.24) is 10.3 Å². The van der Waals surface area contributed by atoms with Gasteiger partial charge in [-0.3, -0.25) is 9.88 Å². The second-order valence-electron chi connectivity index (χ2n) is 7.75. The molecule has 0 fully saturated rings. The van der Waals surface area contributed by atoms with E-state index in [1.54, 1.807) is 63.1 Å². The maximum Gasteiger partial charge on any atom is 0.331 e. The maximum atomic E-state index is 12.1. The number of pyridine rings is 1. The number of ether oxygens (including phenoxy) is 1. The van der Waals surface area contributed by atoms with Crippen LogP contribution in [0.4, 0.5) is 11.4 Å². The summed E-state index contributed by atoms with van der Waals surface area (Å²) in [5, 5.41) is 3.10. The number of benzene rings is 1. The highest BCUT2D eigenvalue weighted by molar-refractivity contribution is 6.31. The molecule has 0 saturated heterocycles. The number of nitrogens with zero attached hydrogens (tertiary/aromatic N) is 2. The molecule has 0 bridgehead atoms. The number of halogens is 1. The van der Waals surface area contributed by atoms with E-state index >= 15 is 0 Å². The number of fused-ring (bicyclic) bond motifs is 1. The number of aryl methyl sites for hydroxylation is 1. The van der Waals surface area contributed by atoms with E-state index in [1.165, 1.54) is 12.2 Å². The van der Waals surface area contributed by atoms with Crippen LogP contribution in [-0.2, 0) is 19.1 Å². The Balaban J connectivity index is 2.21. The van der Waals surface area contributed by atoms with Gasteiger partial charge < -0.3 is 10.1 Å². The van der Waals surface area contributed by atoms with E-state index in [2.05, 4.69) is 10.3 Å². The Morgan fingerprint density at radius 2 is 1.97 bits per heavy atom. The molecule has 1 N–H and O–H groups in total. The van der Waals surface area contributed by atoms with Gasteiger partial charge in [0.2, 0.25) is 5.82 Å². The molecule has 0 amide bonds. The first-order valence-corrected chi connectivity index (χ1v) is 9.76. The van der Waals surface area contributed by atoms with Crippen molar-refractivity contribution in [2.75, 3.05) is 4.90 Å². The van der Waals surface area contributed by atoms with Crippen LogP contribution < -0.4 is 10.2 Å². The Morgan fingerprint density at radius 1 is 1.23 bits per heavy atom. The predicted molar refractivity (Wildman–Crippen MR) is 119 cm³/mol. The quantitative estimate of drug-likeness (QED) is 0.441. The topological polar surface area (TPSA) is 88.6 Å². The van der Waals surface area contributed by atoms with Gasteiger partial charge in [0.15, 0.2) is 11.9 Å². The van der Waals surface area contributed by atoms with Gasteiger partial charge in [-0.25, -0.2) is 14.4 Å². The number of esters is 1. The fourth-order valence-electron chi connectivity index (χ4n) is 3.15. The summed E-state index contributed by atoms with van der Waals surface area (Å²) in [5.41, 5.74) is 1.95. The minimum Gasteiger partial charge on any atom is -0.457 e. The van der Waals surface area contributed by atoms with Crippen LogP contribution in [0.5, 0.6) is 0 Å². The molecule has 1 aromatic heterocycles. The Bertz CT molecular complexity index is 1180. The molecule has 8 heteroatoms. The van der Waals surface area contributed by atoms with Gasteiger partial charge in [0, 0.05) is 22.9 Å². The summed E-state index contributed by atoms with van der Waals surface area (Å²) >= 11 is 6.35. The number of rotatable bonds is 3. The minimum absolute atomic E-state index is 0.00807. The number of nitrogens with one attached hydrogen (secondary N) is 1. The minimum atomic E-state index is -0.650. The van der Waals surface area contributed by atoms with Crippen LogP contribution in [-0.4, -0.2) is 28.4 Å². The van der Waals surface area contributed by atoms with E-state index in [-0.39, 0.29) is 11.5 Å². The molecular weight excluding hydrogens is 418 g/mol. The molecule has 7 nitrogen and oxygen atoms in total. The molecule has 158 valence electrons. The molecule has 2 aromatic rings. The monoisotopic (exact) mass is 437 g/mol. The summed E-state index contributed by atoms with van der Waals surface area (Å²) < 4.78 is 5.29. The summed E-state index contributed by atoms with van der Waals surface area (Å²) in [5.74, 6) is 3.08. The van der Waals surface area contributed by atoms with Crippen molar-refractivity contribution in [2.24, 2.45) is 0 Å². The van der Waals surface area contributed by atoms with Crippen LogP contribution in [0.15, 0.2) is 42.4 Å². The Labute approximate surface area is 184 Å². The van der Waals surface area contributed by atoms with Crippen LogP contribution in [0.25, 0.3) is 11.8 Å². The number of hydrogen-bond acceptors (Lipinski definition) is 7. The van der Waals surface area contributed by atoms with Crippen molar-refractivity contribution in [2.45, 2.75) is 33.3 Å². The maximum absolute atomic E-state index is 12.1. The zero-order valence-electron chi connectivity index (χ0n) is 17.4. The fourth-order valence-corrected chi connectivity index (χ4v) is 3.38. The first kappa shape index (κ1) is 22.1. The van der Waals surface area contributed by atoms with Gasteiger partial charge in [-0.15, -0.1) is 0 Å². The van der Waals surface area contributed by atoms with Gasteiger partial charge >= 0.3 is 5.97 Å². The molecule has 0 atom stereocenters. The Hall–Kier alpha value is -3.63. The number of carbonyl (C=O) groups excluding carboxylic acids is 3. The molecule has 0 radical (unpaired) electrons. The summed E-state index contributed by atoms with van der Waals surface area (Å²) in [6.45, 7) is 7.08. The molecule has 1 aliphatic rings. The summed E-state index contributed by atoms with van der Waals surface area (Å²) in [6, 6.07) is 6.72. The van der Waals surface area contributed by atoms with Crippen LogP contribution in [0, 0.1) is 6.92 Å². The highest BCUT2D eigenvalue weighted by Crippen LogP contribution is 2.42. The first-order chi connectivity index (χ1) is 14.6. The zero-order chi connectivity index (χ0) is 22.8.